The molecule has 3 rings (SSSR count). The Morgan fingerprint density at radius 2 is 2.09 bits per heavy atom. The van der Waals surface area contributed by atoms with Crippen molar-refractivity contribution in [1.29, 1.82) is 0 Å². The molecule has 120 valence electrons. The molecular weight excluding hydrogens is 297 g/mol. The summed E-state index contributed by atoms with van der Waals surface area (Å²) in [5, 5.41) is 3.77. The zero-order valence-electron chi connectivity index (χ0n) is 13.2. The molecule has 0 aliphatic rings. The van der Waals surface area contributed by atoms with Gasteiger partial charge in [0.1, 0.15) is 11.3 Å². The highest BCUT2D eigenvalue weighted by molar-refractivity contribution is 5.93. The SMILES string of the molecule is COc1ccc(-c2c[nH]c3nc(NCC(C)(C)F)ncc23)cn1. The number of aromatic amines is 1. The van der Waals surface area contributed by atoms with Crippen LogP contribution in [0.15, 0.2) is 30.7 Å². The average Bonchev–Trinajstić information content (AvgIpc) is 2.95. The van der Waals surface area contributed by atoms with Crippen LogP contribution in [0.3, 0.4) is 0 Å². The number of pyridine rings is 1. The molecule has 0 saturated heterocycles. The summed E-state index contributed by atoms with van der Waals surface area (Å²) in [6, 6.07) is 3.72. The number of nitrogens with zero attached hydrogens (tertiary/aromatic N) is 3. The predicted molar refractivity (Wildman–Crippen MR) is 87.3 cm³/mol. The summed E-state index contributed by atoms with van der Waals surface area (Å²) < 4.78 is 18.6. The second-order valence-electron chi connectivity index (χ2n) is 5.82. The van der Waals surface area contributed by atoms with Gasteiger partial charge in [0.15, 0.2) is 0 Å². The zero-order chi connectivity index (χ0) is 16.4. The number of anilines is 1. The van der Waals surface area contributed by atoms with Gasteiger partial charge in [-0.1, -0.05) is 0 Å². The van der Waals surface area contributed by atoms with Crippen molar-refractivity contribution in [2.75, 3.05) is 19.0 Å². The molecule has 2 N–H and O–H groups in total. The molecule has 0 bridgehead atoms. The fourth-order valence-electron chi connectivity index (χ4n) is 2.18. The van der Waals surface area contributed by atoms with Gasteiger partial charge in [0.05, 0.1) is 13.7 Å². The van der Waals surface area contributed by atoms with E-state index in [1.54, 1.807) is 25.6 Å². The smallest absolute Gasteiger partial charge is 0.224 e. The molecule has 0 unspecified atom stereocenters. The summed E-state index contributed by atoms with van der Waals surface area (Å²) in [4.78, 5) is 15.9. The lowest BCUT2D eigenvalue weighted by Gasteiger charge is -2.14. The molecule has 0 amide bonds. The van der Waals surface area contributed by atoms with E-state index in [-0.39, 0.29) is 6.54 Å². The Labute approximate surface area is 133 Å². The molecule has 6 nitrogen and oxygen atoms in total. The van der Waals surface area contributed by atoms with Crippen LogP contribution in [-0.2, 0) is 0 Å². The van der Waals surface area contributed by atoms with Crippen molar-refractivity contribution >= 4 is 17.0 Å². The third kappa shape index (κ3) is 3.39. The van der Waals surface area contributed by atoms with E-state index in [4.69, 9.17) is 4.74 Å². The van der Waals surface area contributed by atoms with Gasteiger partial charge in [0.2, 0.25) is 11.8 Å². The van der Waals surface area contributed by atoms with Gasteiger partial charge in [-0.2, -0.15) is 4.98 Å². The number of nitrogens with one attached hydrogen (secondary N) is 2. The third-order valence-corrected chi connectivity index (χ3v) is 3.36. The van der Waals surface area contributed by atoms with Crippen LogP contribution in [0.25, 0.3) is 22.2 Å². The number of alkyl halides is 1. The Morgan fingerprint density at radius 1 is 1.26 bits per heavy atom. The summed E-state index contributed by atoms with van der Waals surface area (Å²) in [5.74, 6) is 0.953. The van der Waals surface area contributed by atoms with Crippen LogP contribution in [-0.4, -0.2) is 39.3 Å². The number of fused-ring (bicyclic) bond motifs is 1. The van der Waals surface area contributed by atoms with Crippen LogP contribution < -0.4 is 10.1 Å². The summed E-state index contributed by atoms with van der Waals surface area (Å²) >= 11 is 0. The fourth-order valence-corrected chi connectivity index (χ4v) is 2.18. The maximum absolute atomic E-state index is 13.5. The highest BCUT2D eigenvalue weighted by Crippen LogP contribution is 2.28. The Morgan fingerprint density at radius 3 is 2.74 bits per heavy atom. The van der Waals surface area contributed by atoms with E-state index in [0.717, 1.165) is 16.5 Å². The molecule has 3 heterocycles. The van der Waals surface area contributed by atoms with E-state index in [0.29, 0.717) is 17.5 Å². The number of hydrogen-bond donors (Lipinski definition) is 2. The van der Waals surface area contributed by atoms with Crippen LogP contribution in [0.5, 0.6) is 5.88 Å². The minimum Gasteiger partial charge on any atom is -0.481 e. The highest BCUT2D eigenvalue weighted by atomic mass is 19.1. The van der Waals surface area contributed by atoms with E-state index in [1.165, 1.54) is 13.8 Å². The largest absolute Gasteiger partial charge is 0.481 e. The molecule has 0 aliphatic heterocycles. The van der Waals surface area contributed by atoms with E-state index >= 15 is 0 Å². The second-order valence-corrected chi connectivity index (χ2v) is 5.82. The number of halogens is 1. The standard InChI is InChI=1S/C16H18FN5O/c1-16(2,17)9-21-15-20-8-12-11(7-19-14(12)22-15)10-4-5-13(23-3)18-6-10/h4-8H,9H2,1-3H3,(H2,19,20,21,22). The maximum atomic E-state index is 13.5. The summed E-state index contributed by atoms with van der Waals surface area (Å²) in [5.41, 5.74) is 1.25. The molecular formula is C16H18FN5O. The van der Waals surface area contributed by atoms with Gasteiger partial charge in [-0.05, 0) is 19.9 Å². The first-order chi connectivity index (χ1) is 11.0. The lowest BCUT2D eigenvalue weighted by Crippen LogP contribution is -2.25. The molecule has 0 radical (unpaired) electrons. The van der Waals surface area contributed by atoms with Crippen LogP contribution in [0.1, 0.15) is 13.8 Å². The minimum atomic E-state index is -1.33. The van der Waals surface area contributed by atoms with Gasteiger partial charge in [-0.15, -0.1) is 0 Å². The maximum Gasteiger partial charge on any atom is 0.224 e. The Balaban J connectivity index is 1.89. The molecule has 3 aromatic rings. The Kier molecular flexibility index (Phi) is 3.85. The van der Waals surface area contributed by atoms with Crippen LogP contribution in [0.4, 0.5) is 10.3 Å². The van der Waals surface area contributed by atoms with Crippen molar-refractivity contribution in [3.63, 3.8) is 0 Å². The number of aromatic nitrogens is 4. The van der Waals surface area contributed by atoms with Crippen molar-refractivity contribution in [2.24, 2.45) is 0 Å². The Hall–Kier alpha value is -2.70. The molecule has 23 heavy (non-hydrogen) atoms. The van der Waals surface area contributed by atoms with E-state index < -0.39 is 5.67 Å². The van der Waals surface area contributed by atoms with Gasteiger partial charge in [-0.25, -0.2) is 14.4 Å². The fraction of sp³-hybridized carbons (Fsp3) is 0.312. The van der Waals surface area contributed by atoms with Crippen LogP contribution in [0, 0.1) is 0 Å². The summed E-state index contributed by atoms with van der Waals surface area (Å²) in [7, 11) is 1.58. The summed E-state index contributed by atoms with van der Waals surface area (Å²) in [6.07, 6.45) is 5.30. The molecule has 0 fully saturated rings. The molecule has 0 aromatic carbocycles. The molecule has 0 aliphatic carbocycles. The minimum absolute atomic E-state index is 0.147. The van der Waals surface area contributed by atoms with Crippen LogP contribution in [0.2, 0.25) is 0 Å². The van der Waals surface area contributed by atoms with Gasteiger partial charge >= 0.3 is 0 Å². The second kappa shape index (κ2) is 5.83. The molecule has 0 saturated carbocycles. The predicted octanol–water partition coefficient (Wildman–Crippen LogP) is 3.19. The molecule has 0 spiro atoms. The lowest BCUT2D eigenvalue weighted by molar-refractivity contribution is 0.234. The number of hydrogen-bond acceptors (Lipinski definition) is 5. The number of methoxy groups -OCH3 is 1. The van der Waals surface area contributed by atoms with Crippen molar-refractivity contribution in [3.8, 4) is 17.0 Å². The quantitative estimate of drug-likeness (QED) is 0.756. The first-order valence-corrected chi connectivity index (χ1v) is 7.23. The van der Waals surface area contributed by atoms with Gasteiger partial charge < -0.3 is 15.0 Å². The van der Waals surface area contributed by atoms with Gasteiger partial charge in [-0.3, -0.25) is 0 Å². The van der Waals surface area contributed by atoms with Crippen LogP contribution >= 0.6 is 0 Å². The monoisotopic (exact) mass is 315 g/mol. The van der Waals surface area contributed by atoms with E-state index in [2.05, 4.69) is 25.3 Å². The van der Waals surface area contributed by atoms with E-state index in [9.17, 15) is 4.39 Å². The topological polar surface area (TPSA) is 75.7 Å². The van der Waals surface area contributed by atoms with Gasteiger partial charge in [0.25, 0.3) is 0 Å². The van der Waals surface area contributed by atoms with Crippen molar-refractivity contribution < 1.29 is 9.13 Å². The lowest BCUT2D eigenvalue weighted by atomic mass is 10.1. The average molecular weight is 315 g/mol. The molecule has 0 atom stereocenters. The molecule has 7 heteroatoms. The van der Waals surface area contributed by atoms with Gasteiger partial charge in [0, 0.05) is 41.2 Å². The summed E-state index contributed by atoms with van der Waals surface area (Å²) in [6.45, 7) is 3.15. The van der Waals surface area contributed by atoms with Crippen molar-refractivity contribution in [1.82, 2.24) is 19.9 Å². The highest BCUT2D eigenvalue weighted by Gasteiger charge is 2.16. The normalized spacial score (nSPS) is 11.7. The zero-order valence-corrected chi connectivity index (χ0v) is 13.2. The number of H-pyrrole nitrogens is 1. The molecule has 3 aromatic heterocycles. The van der Waals surface area contributed by atoms with E-state index in [1.807, 2.05) is 12.3 Å². The Bertz CT molecular complexity index is 807. The van der Waals surface area contributed by atoms with Crippen molar-refractivity contribution in [3.05, 3.63) is 30.7 Å². The van der Waals surface area contributed by atoms with Crippen molar-refractivity contribution in [2.45, 2.75) is 19.5 Å². The number of rotatable bonds is 5. The first-order valence-electron chi connectivity index (χ1n) is 7.23. The third-order valence-electron chi connectivity index (χ3n) is 3.36. The first kappa shape index (κ1) is 15.2. The number of ether oxygens (including phenoxy) is 1.